The molecule has 10 heavy (non-hydrogen) atoms. The van der Waals surface area contributed by atoms with Crippen LogP contribution in [0.5, 0.6) is 0 Å². The Morgan fingerprint density at radius 3 is 2.70 bits per heavy atom. The van der Waals surface area contributed by atoms with Gasteiger partial charge in [-0.3, -0.25) is 5.41 Å². The molecule has 0 saturated heterocycles. The van der Waals surface area contributed by atoms with Crippen molar-refractivity contribution in [1.82, 2.24) is 5.32 Å². The first-order valence-electron chi connectivity index (χ1n) is 2.65. The molecule has 0 aromatic heterocycles. The fourth-order valence-corrected chi connectivity index (χ4v) is 0.603. The van der Waals surface area contributed by atoms with Crippen LogP contribution in [0.4, 0.5) is 0 Å². The summed E-state index contributed by atoms with van der Waals surface area (Å²) in [5, 5.41) is 26.8. The maximum atomic E-state index is 8.86. The predicted octanol–water partition coefficient (Wildman–Crippen LogP) is -2.44. The summed E-state index contributed by atoms with van der Waals surface area (Å²) < 4.78 is 0. The molecule has 0 aliphatic carbocycles. The Labute approximate surface area is 56.9 Å². The van der Waals surface area contributed by atoms with Crippen molar-refractivity contribution in [1.29, 1.82) is 5.41 Å². The largest absolute Gasteiger partial charge is 0.382 e. The Hall–Kier alpha value is -0.980. The summed E-state index contributed by atoms with van der Waals surface area (Å²) >= 11 is 0. The molecule has 2 unspecified atom stereocenters. The lowest BCUT2D eigenvalue weighted by atomic mass is 10.3. The van der Waals surface area contributed by atoms with Crippen molar-refractivity contribution in [3.8, 4) is 0 Å². The van der Waals surface area contributed by atoms with Crippen molar-refractivity contribution in [2.75, 3.05) is 0 Å². The van der Waals surface area contributed by atoms with Gasteiger partial charge in [0.2, 0.25) is 6.35 Å². The molecule has 0 amide bonds. The number of nitrogens with two attached hydrogens (primary N) is 1. The Morgan fingerprint density at radius 2 is 2.20 bits per heavy atom. The molecular formula is C4H8N4O2. The average molecular weight is 144 g/mol. The van der Waals surface area contributed by atoms with E-state index in [0.717, 1.165) is 0 Å². The fraction of sp³-hybridized carbons (Fsp3) is 0.500. The first kappa shape index (κ1) is 7.13. The Bertz CT molecular complexity index is 190. The standard InChI is InChI=1S/C4H8N4O2/c5-1-2(6)7-4(10)8-3(1)9/h3-5,8-10H,(H2,6,7). The van der Waals surface area contributed by atoms with Gasteiger partial charge in [0.05, 0.1) is 0 Å². The molecule has 0 aromatic carbocycles. The number of aliphatic hydroxyl groups excluding tert-OH is 2. The molecule has 1 aliphatic heterocycles. The molecule has 1 aliphatic rings. The van der Waals surface area contributed by atoms with Crippen LogP contribution < -0.4 is 11.1 Å². The zero-order valence-corrected chi connectivity index (χ0v) is 5.07. The van der Waals surface area contributed by atoms with Crippen LogP contribution in [0.2, 0.25) is 0 Å². The van der Waals surface area contributed by atoms with Crippen LogP contribution in [0, 0.1) is 5.41 Å². The first-order valence-corrected chi connectivity index (χ1v) is 2.65. The van der Waals surface area contributed by atoms with Gasteiger partial charge in [0.25, 0.3) is 0 Å². The van der Waals surface area contributed by atoms with Crippen molar-refractivity contribution in [3.05, 3.63) is 0 Å². The topological polar surface area (TPSA) is 115 Å². The van der Waals surface area contributed by atoms with Gasteiger partial charge in [0.15, 0.2) is 6.23 Å². The second kappa shape index (κ2) is 2.33. The lowest BCUT2D eigenvalue weighted by Crippen LogP contribution is -2.52. The number of nitrogens with zero attached hydrogens (tertiary/aromatic N) is 1. The van der Waals surface area contributed by atoms with E-state index in [-0.39, 0.29) is 11.5 Å². The molecule has 0 aromatic rings. The van der Waals surface area contributed by atoms with E-state index in [1.807, 2.05) is 0 Å². The zero-order valence-electron chi connectivity index (χ0n) is 5.07. The number of aliphatic imine (C=N–C) groups is 1. The molecule has 0 spiro atoms. The molecule has 0 radical (unpaired) electrons. The molecule has 0 bridgehead atoms. The Morgan fingerprint density at radius 1 is 1.60 bits per heavy atom. The number of rotatable bonds is 0. The lowest BCUT2D eigenvalue weighted by molar-refractivity contribution is 0.0768. The minimum atomic E-state index is -1.22. The maximum absolute atomic E-state index is 8.86. The highest BCUT2D eigenvalue weighted by molar-refractivity contribution is 6.41. The van der Waals surface area contributed by atoms with Crippen LogP contribution in [0.3, 0.4) is 0 Å². The molecule has 0 fully saturated rings. The van der Waals surface area contributed by atoms with E-state index in [2.05, 4.69) is 10.3 Å². The highest BCUT2D eigenvalue weighted by Gasteiger charge is 2.22. The van der Waals surface area contributed by atoms with Crippen molar-refractivity contribution in [3.63, 3.8) is 0 Å². The van der Waals surface area contributed by atoms with Crippen molar-refractivity contribution >= 4 is 11.5 Å². The molecule has 0 saturated carbocycles. The molecule has 6 nitrogen and oxygen atoms in total. The second-order valence-electron chi connectivity index (χ2n) is 1.87. The van der Waals surface area contributed by atoms with Gasteiger partial charge < -0.3 is 15.9 Å². The van der Waals surface area contributed by atoms with Crippen molar-refractivity contribution in [2.24, 2.45) is 10.7 Å². The summed E-state index contributed by atoms with van der Waals surface area (Å²) in [4.78, 5) is 3.37. The van der Waals surface area contributed by atoms with E-state index in [1.165, 1.54) is 0 Å². The molecule has 56 valence electrons. The van der Waals surface area contributed by atoms with Crippen molar-refractivity contribution in [2.45, 2.75) is 12.6 Å². The first-order chi connectivity index (χ1) is 4.61. The molecule has 1 rings (SSSR count). The van der Waals surface area contributed by atoms with Gasteiger partial charge in [0.1, 0.15) is 11.5 Å². The minimum absolute atomic E-state index is 0.140. The number of hydrogen-bond acceptors (Lipinski definition) is 6. The molecule has 6 N–H and O–H groups in total. The quantitative estimate of drug-likeness (QED) is 0.260. The third-order valence-corrected chi connectivity index (χ3v) is 1.12. The summed E-state index contributed by atoms with van der Waals surface area (Å²) in [7, 11) is 0. The van der Waals surface area contributed by atoms with Gasteiger partial charge in [-0.1, -0.05) is 0 Å². The number of nitrogens with one attached hydrogen (secondary N) is 2. The maximum Gasteiger partial charge on any atom is 0.206 e. The van der Waals surface area contributed by atoms with Gasteiger partial charge in [-0.05, 0) is 0 Å². The summed E-state index contributed by atoms with van der Waals surface area (Å²) in [6.07, 6.45) is -2.42. The number of hydrogen-bond donors (Lipinski definition) is 5. The SMILES string of the molecule is N=C1C(N)=NC(O)NC1O. The normalized spacial score (nSPS) is 33.8. The summed E-state index contributed by atoms with van der Waals surface area (Å²) in [6, 6.07) is 0. The van der Waals surface area contributed by atoms with Crippen LogP contribution in [0.25, 0.3) is 0 Å². The fourth-order valence-electron chi connectivity index (χ4n) is 0.603. The van der Waals surface area contributed by atoms with E-state index in [4.69, 9.17) is 21.4 Å². The minimum Gasteiger partial charge on any atom is -0.382 e. The monoisotopic (exact) mass is 144 g/mol. The predicted molar refractivity (Wildman–Crippen MR) is 34.5 cm³/mol. The molecular weight excluding hydrogens is 136 g/mol. The summed E-state index contributed by atoms with van der Waals surface area (Å²) in [5.41, 5.74) is 4.91. The van der Waals surface area contributed by atoms with E-state index in [0.29, 0.717) is 0 Å². The van der Waals surface area contributed by atoms with Gasteiger partial charge in [-0.25, -0.2) is 10.3 Å². The smallest absolute Gasteiger partial charge is 0.206 e. The second-order valence-corrected chi connectivity index (χ2v) is 1.87. The lowest BCUT2D eigenvalue weighted by Gasteiger charge is -2.21. The van der Waals surface area contributed by atoms with Gasteiger partial charge in [-0.2, -0.15) is 0 Å². The van der Waals surface area contributed by atoms with Crippen molar-refractivity contribution < 1.29 is 10.2 Å². The van der Waals surface area contributed by atoms with Crippen LogP contribution in [-0.4, -0.2) is 34.3 Å². The van der Waals surface area contributed by atoms with Gasteiger partial charge in [0, 0.05) is 0 Å². The zero-order chi connectivity index (χ0) is 7.72. The van der Waals surface area contributed by atoms with E-state index >= 15 is 0 Å². The molecule has 2 atom stereocenters. The van der Waals surface area contributed by atoms with Crippen LogP contribution >= 0.6 is 0 Å². The number of amidine groups is 1. The van der Waals surface area contributed by atoms with Gasteiger partial charge in [-0.15, -0.1) is 0 Å². The molecule has 1 heterocycles. The van der Waals surface area contributed by atoms with E-state index in [1.54, 1.807) is 0 Å². The van der Waals surface area contributed by atoms with E-state index in [9.17, 15) is 0 Å². The van der Waals surface area contributed by atoms with Crippen LogP contribution in [0.1, 0.15) is 0 Å². The van der Waals surface area contributed by atoms with E-state index < -0.39 is 12.6 Å². The Balaban J connectivity index is 2.81. The molecule has 6 heteroatoms. The van der Waals surface area contributed by atoms with Crippen LogP contribution in [-0.2, 0) is 0 Å². The third kappa shape index (κ3) is 1.13. The highest BCUT2D eigenvalue weighted by Crippen LogP contribution is 1.94. The summed E-state index contributed by atoms with van der Waals surface area (Å²) in [6.45, 7) is 0. The average Bonchev–Trinajstić information content (AvgIpc) is 1.82. The Kier molecular flexibility index (Phi) is 1.66. The van der Waals surface area contributed by atoms with Gasteiger partial charge >= 0.3 is 0 Å². The van der Waals surface area contributed by atoms with Crippen LogP contribution in [0.15, 0.2) is 4.99 Å². The summed E-state index contributed by atoms with van der Waals surface area (Å²) in [5.74, 6) is -0.140. The third-order valence-electron chi connectivity index (χ3n) is 1.12. The highest BCUT2D eigenvalue weighted by atomic mass is 16.3. The number of aliphatic hydroxyl groups is 2.